The van der Waals surface area contributed by atoms with Crippen molar-refractivity contribution in [1.29, 1.82) is 0 Å². The van der Waals surface area contributed by atoms with E-state index in [0.29, 0.717) is 12.6 Å². The smallest absolute Gasteiger partial charge is 0.265 e. The molecule has 2 aliphatic rings. The molecule has 1 saturated heterocycles. The largest absolute Gasteiger partial charge is 0.482 e. The lowest BCUT2D eigenvalue weighted by atomic mass is 10.2. The number of carbonyl (C=O) groups excluding carboxylic acids is 1. The Kier molecular flexibility index (Phi) is 7.14. The highest BCUT2D eigenvalue weighted by molar-refractivity contribution is 5.97. The van der Waals surface area contributed by atoms with Crippen molar-refractivity contribution < 1.29 is 9.53 Å². The van der Waals surface area contributed by atoms with Crippen LogP contribution in [0.4, 0.5) is 5.69 Å². The molecule has 28 heavy (non-hydrogen) atoms. The number of likely N-dealkylation sites (tertiary alicyclic amines) is 1. The summed E-state index contributed by atoms with van der Waals surface area (Å²) >= 11 is 0. The van der Waals surface area contributed by atoms with Crippen LogP contribution in [0.1, 0.15) is 26.7 Å². The molecule has 0 radical (unpaired) electrons. The fourth-order valence-corrected chi connectivity index (χ4v) is 4.14. The Morgan fingerprint density at radius 3 is 2.86 bits per heavy atom. The van der Waals surface area contributed by atoms with E-state index in [4.69, 9.17) is 4.74 Å². The Morgan fingerprint density at radius 1 is 1.32 bits per heavy atom. The van der Waals surface area contributed by atoms with Gasteiger partial charge in [0.15, 0.2) is 12.6 Å². The number of benzene rings is 1. The van der Waals surface area contributed by atoms with E-state index in [2.05, 4.69) is 34.0 Å². The third-order valence-corrected chi connectivity index (χ3v) is 5.65. The van der Waals surface area contributed by atoms with E-state index in [1.54, 1.807) is 0 Å². The summed E-state index contributed by atoms with van der Waals surface area (Å²) in [4.78, 5) is 23.4. The maximum Gasteiger partial charge on any atom is 0.265 e. The molecule has 154 valence electrons. The lowest BCUT2D eigenvalue weighted by Crippen LogP contribution is -2.44. The zero-order valence-corrected chi connectivity index (χ0v) is 17.4. The molecule has 0 aromatic heterocycles. The number of hydrogen-bond donors (Lipinski definition) is 1. The second-order valence-corrected chi connectivity index (χ2v) is 7.24. The first-order valence-electron chi connectivity index (χ1n) is 10.4. The number of amides is 1. The molecule has 3 rings (SSSR count). The second kappa shape index (κ2) is 9.78. The Balaban J connectivity index is 1.48. The number of ether oxygens (including phenoxy) is 1. The minimum atomic E-state index is 0.0182. The number of aliphatic imine (C=N–C) groups is 1. The van der Waals surface area contributed by atoms with Gasteiger partial charge in [-0.2, -0.15) is 0 Å². The van der Waals surface area contributed by atoms with E-state index >= 15 is 0 Å². The molecule has 1 aromatic carbocycles. The summed E-state index contributed by atoms with van der Waals surface area (Å²) in [5.41, 5.74) is 0.865. The highest BCUT2D eigenvalue weighted by Crippen LogP contribution is 2.31. The number of rotatable bonds is 7. The fraction of sp³-hybridized carbons (Fsp3) is 0.619. The van der Waals surface area contributed by atoms with E-state index in [1.165, 1.54) is 6.42 Å². The predicted molar refractivity (Wildman–Crippen MR) is 113 cm³/mol. The molecule has 0 bridgehead atoms. The molecule has 1 atom stereocenters. The van der Waals surface area contributed by atoms with Crippen LogP contribution >= 0.6 is 0 Å². The summed E-state index contributed by atoms with van der Waals surface area (Å²) < 4.78 is 5.51. The van der Waals surface area contributed by atoms with Gasteiger partial charge in [0.2, 0.25) is 0 Å². The Bertz CT molecular complexity index is 689. The van der Waals surface area contributed by atoms with E-state index in [9.17, 15) is 4.79 Å². The summed E-state index contributed by atoms with van der Waals surface area (Å²) in [6.45, 7) is 10.3. The van der Waals surface area contributed by atoms with Crippen LogP contribution in [-0.4, -0.2) is 80.6 Å². The van der Waals surface area contributed by atoms with Gasteiger partial charge >= 0.3 is 0 Å². The Labute approximate surface area is 168 Å². The number of para-hydroxylation sites is 2. The Hall–Kier alpha value is -2.28. The van der Waals surface area contributed by atoms with Crippen molar-refractivity contribution >= 4 is 17.6 Å². The normalized spacial score (nSPS) is 19.8. The van der Waals surface area contributed by atoms with Crippen molar-refractivity contribution in [3.05, 3.63) is 24.3 Å². The summed E-state index contributed by atoms with van der Waals surface area (Å²) in [6, 6.07) is 8.33. The third-order valence-electron chi connectivity index (χ3n) is 5.65. The molecule has 1 aromatic rings. The predicted octanol–water partition coefficient (Wildman–Crippen LogP) is 1.79. The van der Waals surface area contributed by atoms with Crippen LogP contribution in [0, 0.1) is 0 Å². The maximum absolute atomic E-state index is 12.3. The monoisotopic (exact) mass is 387 g/mol. The second-order valence-electron chi connectivity index (χ2n) is 7.24. The van der Waals surface area contributed by atoms with Crippen LogP contribution in [0.5, 0.6) is 5.75 Å². The molecule has 0 aliphatic carbocycles. The van der Waals surface area contributed by atoms with Crippen LogP contribution < -0.4 is 15.0 Å². The zero-order chi connectivity index (χ0) is 19.9. The first-order chi connectivity index (χ1) is 13.7. The number of likely N-dealkylation sites (N-methyl/N-ethyl adjacent to an activating group) is 1. The SMILES string of the molecule is CCN(CC)C1CCN(C(=NC)NCCCN2C(=O)COc3ccccc32)C1. The van der Waals surface area contributed by atoms with E-state index in [1.807, 2.05) is 36.2 Å². The number of hydrogen-bond acceptors (Lipinski definition) is 4. The summed E-state index contributed by atoms with van der Waals surface area (Å²) in [6.07, 6.45) is 2.04. The van der Waals surface area contributed by atoms with Crippen molar-refractivity contribution in [2.24, 2.45) is 4.99 Å². The topological polar surface area (TPSA) is 60.4 Å². The van der Waals surface area contributed by atoms with Crippen LogP contribution in [0.15, 0.2) is 29.3 Å². The lowest BCUT2D eigenvalue weighted by Gasteiger charge is -2.29. The highest BCUT2D eigenvalue weighted by Gasteiger charge is 2.28. The molecule has 1 fully saturated rings. The summed E-state index contributed by atoms with van der Waals surface area (Å²) in [7, 11) is 1.84. The quantitative estimate of drug-likeness (QED) is 0.439. The lowest BCUT2D eigenvalue weighted by molar-refractivity contribution is -0.121. The average Bonchev–Trinajstić information content (AvgIpc) is 3.20. The number of carbonyl (C=O) groups is 1. The van der Waals surface area contributed by atoms with Crippen molar-refractivity contribution in [3.63, 3.8) is 0 Å². The van der Waals surface area contributed by atoms with Gasteiger partial charge in [0.1, 0.15) is 5.75 Å². The average molecular weight is 388 g/mol. The molecule has 2 heterocycles. The zero-order valence-electron chi connectivity index (χ0n) is 17.4. The molecule has 2 aliphatic heterocycles. The van der Waals surface area contributed by atoms with Crippen LogP contribution in [0.3, 0.4) is 0 Å². The van der Waals surface area contributed by atoms with Gasteiger partial charge in [-0.05, 0) is 38.1 Å². The van der Waals surface area contributed by atoms with E-state index in [0.717, 1.165) is 56.5 Å². The number of guanidine groups is 1. The van der Waals surface area contributed by atoms with Crippen molar-refractivity contribution in [2.75, 3.05) is 57.8 Å². The van der Waals surface area contributed by atoms with Gasteiger partial charge in [0.25, 0.3) is 5.91 Å². The van der Waals surface area contributed by atoms with Gasteiger partial charge in [-0.25, -0.2) is 0 Å². The minimum Gasteiger partial charge on any atom is -0.482 e. The third kappa shape index (κ3) is 4.58. The molecule has 7 nitrogen and oxygen atoms in total. The van der Waals surface area contributed by atoms with Gasteiger partial charge < -0.3 is 19.9 Å². The molecular formula is C21H33N5O2. The highest BCUT2D eigenvalue weighted by atomic mass is 16.5. The van der Waals surface area contributed by atoms with E-state index in [-0.39, 0.29) is 12.5 Å². The van der Waals surface area contributed by atoms with Crippen molar-refractivity contribution in [1.82, 2.24) is 15.1 Å². The Morgan fingerprint density at radius 2 is 2.11 bits per heavy atom. The van der Waals surface area contributed by atoms with Gasteiger partial charge in [-0.15, -0.1) is 0 Å². The standard InChI is InChI=1S/C21H33N5O2/c1-4-24(5-2)17-11-14-25(15-17)21(22-3)23-12-8-13-26-18-9-6-7-10-19(18)28-16-20(26)27/h6-7,9-10,17H,4-5,8,11-16H2,1-3H3,(H,22,23). The number of nitrogens with one attached hydrogen (secondary N) is 1. The minimum absolute atomic E-state index is 0.0182. The molecule has 1 amide bonds. The summed E-state index contributed by atoms with van der Waals surface area (Å²) in [5.74, 6) is 1.76. The molecular weight excluding hydrogens is 354 g/mol. The summed E-state index contributed by atoms with van der Waals surface area (Å²) in [5, 5.41) is 3.47. The first-order valence-corrected chi connectivity index (χ1v) is 10.4. The molecule has 7 heteroatoms. The first kappa shape index (κ1) is 20.5. The molecule has 1 N–H and O–H groups in total. The van der Waals surface area contributed by atoms with Crippen LogP contribution in [0.2, 0.25) is 0 Å². The molecule has 0 saturated carbocycles. The fourth-order valence-electron chi connectivity index (χ4n) is 4.14. The van der Waals surface area contributed by atoms with Gasteiger partial charge in [-0.3, -0.25) is 14.7 Å². The number of anilines is 1. The number of nitrogens with zero attached hydrogens (tertiary/aromatic N) is 4. The van der Waals surface area contributed by atoms with Crippen LogP contribution in [0.25, 0.3) is 0 Å². The molecule has 0 spiro atoms. The van der Waals surface area contributed by atoms with Gasteiger partial charge in [0, 0.05) is 39.3 Å². The maximum atomic E-state index is 12.3. The molecule has 1 unspecified atom stereocenters. The van der Waals surface area contributed by atoms with Gasteiger partial charge in [-0.1, -0.05) is 26.0 Å². The van der Waals surface area contributed by atoms with Gasteiger partial charge in [0.05, 0.1) is 5.69 Å². The van der Waals surface area contributed by atoms with E-state index < -0.39 is 0 Å². The van der Waals surface area contributed by atoms with Crippen molar-refractivity contribution in [3.8, 4) is 5.75 Å². The number of fused-ring (bicyclic) bond motifs is 1. The van der Waals surface area contributed by atoms with Crippen molar-refractivity contribution in [2.45, 2.75) is 32.7 Å². The van der Waals surface area contributed by atoms with Crippen LogP contribution in [-0.2, 0) is 4.79 Å².